The van der Waals surface area contributed by atoms with Crippen molar-refractivity contribution in [2.45, 2.75) is 37.8 Å². The molecule has 1 aromatic carbocycles. The molecule has 2 nitrogen and oxygen atoms in total. The molecule has 1 spiro atoms. The van der Waals surface area contributed by atoms with Crippen LogP contribution in [0.1, 0.15) is 32.1 Å². The molecule has 0 bridgehead atoms. The van der Waals surface area contributed by atoms with Gasteiger partial charge in [0.05, 0.1) is 5.36 Å². The zero-order valence-electron chi connectivity index (χ0n) is 8.54. The first-order chi connectivity index (χ1) is 7.29. The number of rotatable bonds is 0. The zero-order chi connectivity index (χ0) is 10.3. The van der Waals surface area contributed by atoms with Gasteiger partial charge >= 0.3 is 0 Å². The van der Waals surface area contributed by atoms with E-state index in [1.54, 1.807) is 6.07 Å². The Hall–Kier alpha value is -1.25. The molecule has 3 heteroatoms. The van der Waals surface area contributed by atoms with Gasteiger partial charge < -0.3 is 0 Å². The van der Waals surface area contributed by atoms with Crippen molar-refractivity contribution in [3.05, 3.63) is 34.7 Å². The zero-order valence-corrected chi connectivity index (χ0v) is 8.54. The van der Waals surface area contributed by atoms with E-state index in [1.807, 2.05) is 6.07 Å². The molecule has 1 fully saturated rings. The Morgan fingerprint density at radius 2 is 1.87 bits per heavy atom. The lowest BCUT2D eigenvalue weighted by Gasteiger charge is -2.27. The monoisotopic (exact) mass is 204 g/mol. The first kappa shape index (κ1) is 9.01. The maximum atomic E-state index is 13.5. The summed E-state index contributed by atoms with van der Waals surface area (Å²) >= 11 is 0. The second kappa shape index (κ2) is 3.12. The van der Waals surface area contributed by atoms with Gasteiger partial charge in [0.25, 0.3) is 0 Å². The van der Waals surface area contributed by atoms with Gasteiger partial charge in [-0.25, -0.2) is 4.39 Å². The van der Waals surface area contributed by atoms with Crippen LogP contribution in [0.5, 0.6) is 0 Å². The van der Waals surface area contributed by atoms with Crippen LogP contribution in [0, 0.1) is 5.82 Å². The molecule has 0 aromatic heterocycles. The first-order valence-electron chi connectivity index (χ1n) is 5.53. The predicted octanol–water partition coefficient (Wildman–Crippen LogP) is 1.74. The van der Waals surface area contributed by atoms with Crippen LogP contribution in [-0.4, -0.2) is 5.66 Å². The second-order valence-corrected chi connectivity index (χ2v) is 4.37. The predicted molar refractivity (Wildman–Crippen MR) is 54.5 cm³/mol. The van der Waals surface area contributed by atoms with E-state index < -0.39 is 0 Å². The average Bonchev–Trinajstić information content (AvgIpc) is 2.59. The third kappa shape index (κ3) is 1.37. The molecular weight excluding hydrogens is 191 g/mol. The van der Waals surface area contributed by atoms with Gasteiger partial charge in [-0.3, -0.25) is 9.98 Å². The van der Waals surface area contributed by atoms with Crippen molar-refractivity contribution in [3.8, 4) is 0 Å². The fourth-order valence-corrected chi connectivity index (χ4v) is 2.50. The highest BCUT2D eigenvalue weighted by Crippen LogP contribution is 2.33. The molecule has 0 saturated heterocycles. The summed E-state index contributed by atoms with van der Waals surface area (Å²) in [5.41, 5.74) is -0.317. The molecule has 0 unspecified atom stereocenters. The minimum atomic E-state index is -0.317. The number of halogens is 1. The van der Waals surface area contributed by atoms with Crippen molar-refractivity contribution in [3.63, 3.8) is 0 Å². The van der Waals surface area contributed by atoms with Gasteiger partial charge in [0.15, 0.2) is 11.5 Å². The van der Waals surface area contributed by atoms with Crippen LogP contribution in [0.15, 0.2) is 28.2 Å². The third-order valence-corrected chi connectivity index (χ3v) is 3.27. The molecule has 15 heavy (non-hydrogen) atoms. The van der Waals surface area contributed by atoms with E-state index in [0.717, 1.165) is 31.0 Å². The largest absolute Gasteiger partial charge is 0.253 e. The minimum absolute atomic E-state index is 0.237. The summed E-state index contributed by atoms with van der Waals surface area (Å²) in [5, 5.41) is 1.20. The number of fused-ring (bicyclic) bond motifs is 1. The Bertz CT molecular complexity index is 501. The normalized spacial score (nSPS) is 21.9. The van der Waals surface area contributed by atoms with E-state index in [0.29, 0.717) is 5.36 Å². The summed E-state index contributed by atoms with van der Waals surface area (Å²) in [7, 11) is 0. The molecule has 0 N–H and O–H groups in total. The Morgan fingerprint density at radius 3 is 2.60 bits per heavy atom. The summed E-state index contributed by atoms with van der Waals surface area (Å²) in [6, 6.07) is 5.01. The first-order valence-corrected chi connectivity index (χ1v) is 5.53. The van der Waals surface area contributed by atoms with Gasteiger partial charge in [0.1, 0.15) is 5.36 Å². The van der Waals surface area contributed by atoms with Crippen LogP contribution in [0.3, 0.4) is 0 Å². The molecule has 2 aliphatic rings. The molecule has 3 rings (SSSR count). The third-order valence-electron chi connectivity index (χ3n) is 3.27. The molecule has 0 radical (unpaired) electrons. The topological polar surface area (TPSA) is 24.7 Å². The van der Waals surface area contributed by atoms with Crippen LogP contribution in [0.25, 0.3) is 0 Å². The van der Waals surface area contributed by atoms with Crippen molar-refractivity contribution < 1.29 is 4.39 Å². The summed E-state index contributed by atoms with van der Waals surface area (Å²) in [6.45, 7) is 0. The van der Waals surface area contributed by atoms with Gasteiger partial charge in [0, 0.05) is 0 Å². The molecule has 1 aliphatic heterocycles. The SMILES string of the molecule is Fc1cccc2c1=NC1(CCCCC1)N=2. The highest BCUT2D eigenvalue weighted by molar-refractivity contribution is 5.10. The van der Waals surface area contributed by atoms with Gasteiger partial charge in [-0.05, 0) is 37.8 Å². The van der Waals surface area contributed by atoms with E-state index in [4.69, 9.17) is 0 Å². The molecular formula is C12H13FN2. The summed E-state index contributed by atoms with van der Waals surface area (Å²) in [4.78, 5) is 9.10. The summed E-state index contributed by atoms with van der Waals surface area (Å²) in [5.74, 6) is -0.237. The van der Waals surface area contributed by atoms with Crippen LogP contribution in [-0.2, 0) is 0 Å². The molecule has 1 heterocycles. The van der Waals surface area contributed by atoms with Gasteiger partial charge in [-0.1, -0.05) is 12.5 Å². The van der Waals surface area contributed by atoms with E-state index in [9.17, 15) is 4.39 Å². The lowest BCUT2D eigenvalue weighted by atomic mass is 9.90. The van der Waals surface area contributed by atoms with Crippen molar-refractivity contribution in [1.29, 1.82) is 0 Å². The number of hydrogen-bond donors (Lipinski definition) is 0. The molecule has 1 aliphatic carbocycles. The van der Waals surface area contributed by atoms with Crippen molar-refractivity contribution in [2.75, 3.05) is 0 Å². The fourth-order valence-electron chi connectivity index (χ4n) is 2.50. The molecule has 1 aromatic rings. The maximum absolute atomic E-state index is 13.5. The van der Waals surface area contributed by atoms with E-state index in [2.05, 4.69) is 9.98 Å². The lowest BCUT2D eigenvalue weighted by molar-refractivity contribution is 0.308. The van der Waals surface area contributed by atoms with Crippen LogP contribution in [0.2, 0.25) is 0 Å². The van der Waals surface area contributed by atoms with Crippen molar-refractivity contribution in [2.24, 2.45) is 9.98 Å². The average molecular weight is 204 g/mol. The smallest absolute Gasteiger partial charge is 0.151 e. The van der Waals surface area contributed by atoms with Crippen molar-refractivity contribution in [1.82, 2.24) is 0 Å². The molecule has 1 saturated carbocycles. The fraction of sp³-hybridized carbons (Fsp3) is 0.500. The van der Waals surface area contributed by atoms with Crippen LogP contribution >= 0.6 is 0 Å². The van der Waals surface area contributed by atoms with E-state index in [-0.39, 0.29) is 11.5 Å². The summed E-state index contributed by atoms with van der Waals surface area (Å²) < 4.78 is 13.5. The molecule has 78 valence electrons. The number of nitrogens with zero attached hydrogens (tertiary/aromatic N) is 2. The van der Waals surface area contributed by atoms with E-state index in [1.165, 1.54) is 12.5 Å². The molecule has 0 amide bonds. The van der Waals surface area contributed by atoms with Gasteiger partial charge in [-0.2, -0.15) is 0 Å². The molecule has 0 atom stereocenters. The highest BCUT2D eigenvalue weighted by Gasteiger charge is 2.33. The summed E-state index contributed by atoms with van der Waals surface area (Å²) in [6.07, 6.45) is 5.51. The highest BCUT2D eigenvalue weighted by atomic mass is 19.1. The standard InChI is InChI=1S/C12H13FN2/c13-9-5-4-6-10-11(9)15-12(14-10)7-2-1-3-8-12/h4-6H,1-3,7-8H2. The number of benzene rings is 1. The van der Waals surface area contributed by atoms with Gasteiger partial charge in [-0.15, -0.1) is 0 Å². The van der Waals surface area contributed by atoms with Crippen molar-refractivity contribution >= 4 is 0 Å². The van der Waals surface area contributed by atoms with Crippen LogP contribution in [0.4, 0.5) is 4.39 Å². The van der Waals surface area contributed by atoms with E-state index >= 15 is 0 Å². The van der Waals surface area contributed by atoms with Gasteiger partial charge in [0.2, 0.25) is 0 Å². The van der Waals surface area contributed by atoms with Crippen LogP contribution < -0.4 is 10.7 Å². The Balaban J connectivity index is 2.16. The lowest BCUT2D eigenvalue weighted by Crippen LogP contribution is -2.26. The number of para-hydroxylation sites is 1. The second-order valence-electron chi connectivity index (χ2n) is 4.37. The quantitative estimate of drug-likeness (QED) is 0.615. The Kier molecular flexibility index (Phi) is 1.87. The Morgan fingerprint density at radius 1 is 1.07 bits per heavy atom. The minimum Gasteiger partial charge on any atom is -0.253 e. The maximum Gasteiger partial charge on any atom is 0.151 e. The Labute approximate surface area is 87.6 Å². The number of hydrogen-bond acceptors (Lipinski definition) is 2.